The van der Waals surface area contributed by atoms with Gasteiger partial charge in [0.15, 0.2) is 0 Å². The maximum atomic E-state index is 13.9. The molecule has 0 bridgehead atoms. The van der Waals surface area contributed by atoms with Crippen LogP contribution in [0.2, 0.25) is 0 Å². The molecule has 1 aliphatic heterocycles. The highest BCUT2D eigenvalue weighted by atomic mass is 19.4. The van der Waals surface area contributed by atoms with E-state index in [0.29, 0.717) is 35.3 Å². The highest BCUT2D eigenvalue weighted by Crippen LogP contribution is 2.39. The van der Waals surface area contributed by atoms with Gasteiger partial charge in [-0.05, 0) is 31.9 Å². The number of nitrogens with one attached hydrogen (secondary N) is 2. The van der Waals surface area contributed by atoms with Crippen molar-refractivity contribution in [2.75, 3.05) is 11.9 Å². The Kier molecular flexibility index (Phi) is 5.73. The second kappa shape index (κ2) is 8.77. The second-order valence-electron chi connectivity index (χ2n) is 8.69. The summed E-state index contributed by atoms with van der Waals surface area (Å²) in [5.74, 6) is -0.0113. The molecule has 0 aromatic carbocycles. The third kappa shape index (κ3) is 4.29. The Hall–Kier alpha value is -4.23. The van der Waals surface area contributed by atoms with Gasteiger partial charge in [0.1, 0.15) is 16.9 Å². The zero-order valence-electron chi connectivity index (χ0n) is 19.3. The number of rotatable bonds is 4. The van der Waals surface area contributed by atoms with Crippen molar-refractivity contribution in [1.29, 1.82) is 0 Å². The summed E-state index contributed by atoms with van der Waals surface area (Å²) in [6.45, 7) is 2.00. The summed E-state index contributed by atoms with van der Waals surface area (Å²) in [7, 11) is 1.71. The number of hydrogen-bond donors (Lipinski definition) is 3. The van der Waals surface area contributed by atoms with E-state index < -0.39 is 17.8 Å². The molecule has 0 saturated carbocycles. The number of nitrogens with zero attached hydrogens (tertiary/aromatic N) is 7. The summed E-state index contributed by atoms with van der Waals surface area (Å²) >= 11 is 0. The van der Waals surface area contributed by atoms with Gasteiger partial charge in [0.2, 0.25) is 5.95 Å². The van der Waals surface area contributed by atoms with Crippen LogP contribution in [-0.2, 0) is 13.2 Å². The van der Waals surface area contributed by atoms with Crippen molar-refractivity contribution in [1.82, 2.24) is 39.8 Å². The smallest absolute Gasteiger partial charge is 0.419 e. The SMILES string of the molecule is C[C@@H]1CC[C@@H](Nc2ncc(C(F)(F)F)c(-c3c[nH]c4nc(-c5cnnn5C)ccc34)n2)CN1C(=O)O. The molecule has 4 aromatic rings. The van der Waals surface area contributed by atoms with Crippen molar-refractivity contribution in [2.45, 2.75) is 38.0 Å². The van der Waals surface area contributed by atoms with E-state index in [2.05, 4.69) is 35.6 Å². The molecule has 188 valence electrons. The van der Waals surface area contributed by atoms with Crippen LogP contribution in [0.15, 0.2) is 30.7 Å². The molecular weight excluding hydrogens is 479 g/mol. The molecule has 0 spiro atoms. The number of amides is 1. The minimum Gasteiger partial charge on any atom is -0.465 e. The molecule has 5 rings (SSSR count). The Morgan fingerprint density at radius 1 is 1.22 bits per heavy atom. The van der Waals surface area contributed by atoms with Gasteiger partial charge in [0.05, 0.1) is 17.6 Å². The minimum absolute atomic E-state index is 0.0113. The molecule has 5 heterocycles. The van der Waals surface area contributed by atoms with Crippen molar-refractivity contribution >= 4 is 23.1 Å². The standard InChI is InChI=1S/C22H22F3N9O2/c1-11-3-4-12(10-34(11)21(35)36)29-20-27-8-15(22(23,24)25)18(31-20)14-7-26-19-13(14)5-6-16(30-19)17-9-28-32-33(17)2/h5-9,11-12H,3-4,10H2,1-2H3,(H,26,30)(H,35,36)(H,27,29,31)/t11-,12-/m1/s1. The molecule has 0 unspecified atom stereocenters. The van der Waals surface area contributed by atoms with Crippen LogP contribution in [0.1, 0.15) is 25.3 Å². The van der Waals surface area contributed by atoms with Gasteiger partial charge >= 0.3 is 12.3 Å². The minimum atomic E-state index is -4.69. The molecule has 14 heteroatoms. The Labute approximate surface area is 202 Å². The zero-order valence-corrected chi connectivity index (χ0v) is 19.3. The lowest BCUT2D eigenvalue weighted by atomic mass is 10.00. The van der Waals surface area contributed by atoms with Crippen LogP contribution in [0.25, 0.3) is 33.7 Å². The van der Waals surface area contributed by atoms with E-state index >= 15 is 0 Å². The van der Waals surface area contributed by atoms with Crippen LogP contribution in [0.3, 0.4) is 0 Å². The van der Waals surface area contributed by atoms with Crippen LogP contribution in [0.4, 0.5) is 23.9 Å². The third-order valence-corrected chi connectivity index (χ3v) is 6.33. The van der Waals surface area contributed by atoms with Crippen LogP contribution in [-0.4, -0.2) is 69.7 Å². The number of aromatic amines is 1. The van der Waals surface area contributed by atoms with Crippen molar-refractivity contribution in [3.63, 3.8) is 0 Å². The van der Waals surface area contributed by atoms with Gasteiger partial charge in [0, 0.05) is 49.0 Å². The number of likely N-dealkylation sites (tertiary alicyclic amines) is 1. The Morgan fingerprint density at radius 2 is 2.03 bits per heavy atom. The van der Waals surface area contributed by atoms with Crippen molar-refractivity contribution in [3.8, 4) is 22.6 Å². The lowest BCUT2D eigenvalue weighted by Crippen LogP contribution is -2.49. The van der Waals surface area contributed by atoms with Gasteiger partial charge < -0.3 is 20.3 Å². The summed E-state index contributed by atoms with van der Waals surface area (Å²) in [4.78, 5) is 28.3. The van der Waals surface area contributed by atoms with E-state index in [9.17, 15) is 23.1 Å². The Balaban J connectivity index is 1.51. The summed E-state index contributed by atoms with van der Waals surface area (Å²) in [5.41, 5.74) is 0.506. The molecule has 0 aliphatic carbocycles. The molecule has 4 aromatic heterocycles. The van der Waals surface area contributed by atoms with Gasteiger partial charge in [-0.1, -0.05) is 5.21 Å². The number of alkyl halides is 3. The van der Waals surface area contributed by atoms with Gasteiger partial charge in [-0.2, -0.15) is 13.2 Å². The fourth-order valence-corrected chi connectivity index (χ4v) is 4.40. The molecule has 1 aliphatic rings. The average molecular weight is 501 g/mol. The third-order valence-electron chi connectivity index (χ3n) is 6.33. The predicted octanol–water partition coefficient (Wildman–Crippen LogP) is 3.78. The van der Waals surface area contributed by atoms with Crippen LogP contribution in [0.5, 0.6) is 0 Å². The van der Waals surface area contributed by atoms with E-state index in [1.807, 2.05) is 6.92 Å². The summed E-state index contributed by atoms with van der Waals surface area (Å²) in [6.07, 6.45) is -0.778. The Bertz CT molecular complexity index is 1430. The molecule has 3 N–H and O–H groups in total. The van der Waals surface area contributed by atoms with Gasteiger partial charge in [0.25, 0.3) is 0 Å². The number of aromatic nitrogens is 7. The number of hydrogen-bond acceptors (Lipinski definition) is 7. The second-order valence-corrected chi connectivity index (χ2v) is 8.69. The van der Waals surface area contributed by atoms with Gasteiger partial charge in [-0.3, -0.25) is 0 Å². The number of pyridine rings is 1. The van der Waals surface area contributed by atoms with E-state index in [0.717, 1.165) is 6.20 Å². The first-order valence-corrected chi connectivity index (χ1v) is 11.2. The fourth-order valence-electron chi connectivity index (χ4n) is 4.40. The monoisotopic (exact) mass is 501 g/mol. The highest BCUT2D eigenvalue weighted by Gasteiger charge is 2.36. The van der Waals surface area contributed by atoms with E-state index in [1.165, 1.54) is 11.1 Å². The molecule has 1 fully saturated rings. The van der Waals surface area contributed by atoms with Crippen molar-refractivity contribution in [3.05, 3.63) is 36.3 Å². The van der Waals surface area contributed by atoms with E-state index in [-0.39, 0.29) is 35.8 Å². The number of fused-ring (bicyclic) bond motifs is 1. The number of H-pyrrole nitrogens is 1. The maximum Gasteiger partial charge on any atom is 0.419 e. The predicted molar refractivity (Wildman–Crippen MR) is 123 cm³/mol. The normalized spacial score (nSPS) is 18.5. The number of aryl methyl sites for hydroxylation is 1. The maximum absolute atomic E-state index is 13.9. The molecule has 2 atom stereocenters. The molecule has 36 heavy (non-hydrogen) atoms. The quantitative estimate of drug-likeness (QED) is 0.384. The first kappa shape index (κ1) is 23.5. The van der Waals surface area contributed by atoms with Crippen LogP contribution < -0.4 is 5.32 Å². The molecule has 0 radical (unpaired) electrons. The number of carbonyl (C=O) groups is 1. The van der Waals surface area contributed by atoms with Crippen molar-refractivity contribution < 1.29 is 23.1 Å². The number of piperidine rings is 1. The number of halogens is 3. The van der Waals surface area contributed by atoms with Gasteiger partial charge in [-0.25, -0.2) is 24.4 Å². The molecule has 1 saturated heterocycles. The topological polar surface area (TPSA) is 138 Å². The summed E-state index contributed by atoms with van der Waals surface area (Å²) in [6, 6.07) is 2.87. The van der Waals surface area contributed by atoms with Crippen LogP contribution in [0, 0.1) is 0 Å². The lowest BCUT2D eigenvalue weighted by molar-refractivity contribution is -0.137. The largest absolute Gasteiger partial charge is 0.465 e. The average Bonchev–Trinajstić information content (AvgIpc) is 3.45. The fraction of sp³-hybridized carbons (Fsp3) is 0.364. The van der Waals surface area contributed by atoms with Crippen molar-refractivity contribution in [2.24, 2.45) is 7.05 Å². The Morgan fingerprint density at radius 3 is 2.72 bits per heavy atom. The van der Waals surface area contributed by atoms with Gasteiger partial charge in [-0.15, -0.1) is 5.10 Å². The first-order chi connectivity index (χ1) is 17.1. The summed E-state index contributed by atoms with van der Waals surface area (Å²) < 4.78 is 43.2. The molecular formula is C22H22F3N9O2. The van der Waals surface area contributed by atoms with E-state index in [1.54, 1.807) is 30.1 Å². The van der Waals surface area contributed by atoms with Crippen LogP contribution >= 0.6 is 0 Å². The lowest BCUT2D eigenvalue weighted by Gasteiger charge is -2.36. The molecule has 1 amide bonds. The number of anilines is 1. The molecule has 11 nitrogen and oxygen atoms in total. The summed E-state index contributed by atoms with van der Waals surface area (Å²) in [5, 5.41) is 20.6. The highest BCUT2D eigenvalue weighted by molar-refractivity contribution is 5.94. The zero-order chi connectivity index (χ0) is 25.6. The first-order valence-electron chi connectivity index (χ1n) is 11.2. The number of carboxylic acid groups (broad SMARTS) is 1. The van der Waals surface area contributed by atoms with E-state index in [4.69, 9.17) is 0 Å².